The third kappa shape index (κ3) is 2.85. The highest BCUT2D eigenvalue weighted by molar-refractivity contribution is 5.83. The van der Waals surface area contributed by atoms with E-state index in [1.54, 1.807) is 4.90 Å². The molecular weight excluding hydrogens is 274 g/mol. The highest BCUT2D eigenvalue weighted by Crippen LogP contribution is 2.25. The molecule has 0 aromatic rings. The fourth-order valence-corrected chi connectivity index (χ4v) is 3.76. The van der Waals surface area contributed by atoms with Crippen LogP contribution in [0, 0.1) is 0 Å². The maximum atomic E-state index is 12.5. The van der Waals surface area contributed by atoms with Gasteiger partial charge in [-0.3, -0.25) is 4.90 Å². The SMILES string of the molecule is O=C(O)[C@H]1C[C@@H](O)CN1C(=O)N1CCC(N2CCCC2)C1. The first-order valence-corrected chi connectivity index (χ1v) is 7.76. The van der Waals surface area contributed by atoms with Crippen molar-refractivity contribution in [1.82, 2.24) is 14.7 Å². The number of carbonyl (C=O) groups excluding carboxylic acids is 1. The summed E-state index contributed by atoms with van der Waals surface area (Å²) in [5, 5.41) is 18.8. The number of likely N-dealkylation sites (tertiary alicyclic amines) is 3. The minimum absolute atomic E-state index is 0.126. The summed E-state index contributed by atoms with van der Waals surface area (Å²) in [5.74, 6) is -1.03. The van der Waals surface area contributed by atoms with Gasteiger partial charge >= 0.3 is 12.0 Å². The smallest absolute Gasteiger partial charge is 0.326 e. The van der Waals surface area contributed by atoms with Crippen molar-refractivity contribution >= 4 is 12.0 Å². The zero-order chi connectivity index (χ0) is 15.0. The highest BCUT2D eigenvalue weighted by Gasteiger charge is 2.42. The van der Waals surface area contributed by atoms with E-state index >= 15 is 0 Å². The first-order valence-electron chi connectivity index (χ1n) is 7.76. The van der Waals surface area contributed by atoms with E-state index in [2.05, 4.69) is 4.90 Å². The number of carbonyl (C=O) groups is 2. The average Bonchev–Trinajstić information content (AvgIpc) is 3.17. The van der Waals surface area contributed by atoms with Gasteiger partial charge in [0.05, 0.1) is 6.10 Å². The number of rotatable bonds is 2. The maximum absolute atomic E-state index is 12.5. The number of amides is 2. The van der Waals surface area contributed by atoms with Gasteiger partial charge in [0, 0.05) is 32.1 Å². The van der Waals surface area contributed by atoms with Crippen molar-refractivity contribution in [3.63, 3.8) is 0 Å². The van der Waals surface area contributed by atoms with Gasteiger partial charge in [0.1, 0.15) is 6.04 Å². The van der Waals surface area contributed by atoms with Gasteiger partial charge in [-0.2, -0.15) is 0 Å². The van der Waals surface area contributed by atoms with Crippen molar-refractivity contribution in [2.45, 2.75) is 43.9 Å². The van der Waals surface area contributed by atoms with E-state index in [1.165, 1.54) is 17.7 Å². The molecule has 21 heavy (non-hydrogen) atoms. The molecule has 0 aromatic heterocycles. The summed E-state index contributed by atoms with van der Waals surface area (Å²) in [6.45, 7) is 3.69. The molecule has 3 fully saturated rings. The number of urea groups is 1. The van der Waals surface area contributed by atoms with Gasteiger partial charge < -0.3 is 20.0 Å². The summed E-state index contributed by atoms with van der Waals surface area (Å²) >= 11 is 0. The molecule has 0 bridgehead atoms. The second-order valence-corrected chi connectivity index (χ2v) is 6.31. The van der Waals surface area contributed by atoms with E-state index in [9.17, 15) is 19.8 Å². The molecule has 7 heteroatoms. The van der Waals surface area contributed by atoms with Crippen molar-refractivity contribution in [2.24, 2.45) is 0 Å². The number of aliphatic carboxylic acids is 1. The Kier molecular flexibility index (Phi) is 4.03. The third-order valence-electron chi connectivity index (χ3n) is 4.90. The van der Waals surface area contributed by atoms with Crippen molar-refractivity contribution in [3.05, 3.63) is 0 Å². The Morgan fingerprint density at radius 2 is 1.76 bits per heavy atom. The minimum atomic E-state index is -1.03. The number of β-amino-alcohol motifs (C(OH)–C–C–N with tert-alkyl or cyclic N) is 1. The molecule has 2 N–H and O–H groups in total. The van der Waals surface area contributed by atoms with Crippen LogP contribution in [-0.4, -0.2) is 87.8 Å². The molecule has 0 saturated carbocycles. The second-order valence-electron chi connectivity index (χ2n) is 6.31. The molecule has 3 rings (SSSR count). The Hall–Kier alpha value is -1.34. The fourth-order valence-electron chi connectivity index (χ4n) is 3.76. The van der Waals surface area contributed by atoms with Gasteiger partial charge in [-0.25, -0.2) is 9.59 Å². The lowest BCUT2D eigenvalue weighted by Crippen LogP contribution is -2.48. The van der Waals surface area contributed by atoms with Crippen LogP contribution in [0.15, 0.2) is 0 Å². The summed E-state index contributed by atoms with van der Waals surface area (Å²) in [6.07, 6.45) is 2.81. The Morgan fingerprint density at radius 3 is 2.43 bits per heavy atom. The van der Waals surface area contributed by atoms with E-state index in [-0.39, 0.29) is 19.0 Å². The monoisotopic (exact) mass is 297 g/mol. The largest absolute Gasteiger partial charge is 0.480 e. The Balaban J connectivity index is 1.61. The van der Waals surface area contributed by atoms with E-state index in [1.807, 2.05) is 0 Å². The molecule has 0 spiro atoms. The normalized spacial score (nSPS) is 33.9. The molecule has 1 unspecified atom stereocenters. The van der Waals surface area contributed by atoms with Crippen molar-refractivity contribution in [1.29, 1.82) is 0 Å². The van der Waals surface area contributed by atoms with Gasteiger partial charge in [0.25, 0.3) is 0 Å². The Bertz CT molecular complexity index is 424. The summed E-state index contributed by atoms with van der Waals surface area (Å²) in [4.78, 5) is 29.2. The molecule has 3 aliphatic heterocycles. The van der Waals surface area contributed by atoms with Crippen LogP contribution in [0.2, 0.25) is 0 Å². The van der Waals surface area contributed by atoms with Crippen LogP contribution in [0.1, 0.15) is 25.7 Å². The summed E-state index contributed by atoms with van der Waals surface area (Å²) in [5.41, 5.74) is 0. The van der Waals surface area contributed by atoms with E-state index < -0.39 is 18.1 Å². The molecule has 0 aromatic carbocycles. The molecule has 3 heterocycles. The molecule has 0 radical (unpaired) electrons. The molecule has 0 aliphatic carbocycles. The number of hydrogen-bond acceptors (Lipinski definition) is 4. The lowest BCUT2D eigenvalue weighted by Gasteiger charge is -2.28. The molecule has 7 nitrogen and oxygen atoms in total. The number of aliphatic hydroxyl groups is 1. The zero-order valence-electron chi connectivity index (χ0n) is 12.1. The van der Waals surface area contributed by atoms with E-state index in [4.69, 9.17) is 0 Å². The molecule has 3 saturated heterocycles. The molecule has 3 atom stereocenters. The maximum Gasteiger partial charge on any atom is 0.326 e. The van der Waals surface area contributed by atoms with Gasteiger partial charge in [-0.05, 0) is 32.4 Å². The van der Waals surface area contributed by atoms with Gasteiger partial charge in [-0.15, -0.1) is 0 Å². The van der Waals surface area contributed by atoms with Crippen LogP contribution < -0.4 is 0 Å². The first kappa shape index (κ1) is 14.6. The predicted molar refractivity (Wildman–Crippen MR) is 74.9 cm³/mol. The van der Waals surface area contributed by atoms with Crippen LogP contribution in [0.4, 0.5) is 4.79 Å². The standard InChI is InChI=1S/C14H23N3O4/c18-11-7-12(13(19)20)17(9-11)14(21)16-6-3-10(8-16)15-4-1-2-5-15/h10-12,18H,1-9H2,(H,19,20)/t10?,11-,12-/m1/s1. The number of nitrogens with zero attached hydrogens (tertiary/aromatic N) is 3. The van der Waals surface area contributed by atoms with Crippen LogP contribution in [0.25, 0.3) is 0 Å². The van der Waals surface area contributed by atoms with Crippen molar-refractivity contribution < 1.29 is 19.8 Å². The zero-order valence-corrected chi connectivity index (χ0v) is 12.1. The summed E-state index contributed by atoms with van der Waals surface area (Å²) < 4.78 is 0. The van der Waals surface area contributed by atoms with Crippen molar-refractivity contribution in [2.75, 3.05) is 32.7 Å². The molecule has 3 aliphatic rings. The van der Waals surface area contributed by atoms with Crippen molar-refractivity contribution in [3.8, 4) is 0 Å². The van der Waals surface area contributed by atoms with Gasteiger partial charge in [0.2, 0.25) is 0 Å². The lowest BCUT2D eigenvalue weighted by atomic mass is 10.2. The molecule has 118 valence electrons. The fraction of sp³-hybridized carbons (Fsp3) is 0.857. The van der Waals surface area contributed by atoms with Gasteiger partial charge in [0.15, 0.2) is 0 Å². The second kappa shape index (κ2) is 5.81. The van der Waals surface area contributed by atoms with Gasteiger partial charge in [-0.1, -0.05) is 0 Å². The quantitative estimate of drug-likeness (QED) is 0.737. The van der Waals surface area contributed by atoms with Crippen LogP contribution in [0.3, 0.4) is 0 Å². The Labute approximate surface area is 124 Å². The first-order chi connectivity index (χ1) is 10.1. The lowest BCUT2D eigenvalue weighted by molar-refractivity contribution is -0.141. The number of carboxylic acids is 1. The molecule has 2 amide bonds. The summed E-state index contributed by atoms with van der Waals surface area (Å²) in [6, 6.07) is -0.716. The molecular formula is C14H23N3O4. The third-order valence-corrected chi connectivity index (χ3v) is 4.90. The number of aliphatic hydroxyl groups excluding tert-OH is 1. The number of carboxylic acid groups (broad SMARTS) is 1. The van der Waals surface area contributed by atoms with E-state index in [0.717, 1.165) is 19.5 Å². The van der Waals surface area contributed by atoms with Crippen LogP contribution in [-0.2, 0) is 4.79 Å². The predicted octanol–water partition coefficient (Wildman–Crippen LogP) is -0.204. The average molecular weight is 297 g/mol. The topological polar surface area (TPSA) is 84.3 Å². The Morgan fingerprint density at radius 1 is 1.05 bits per heavy atom. The highest BCUT2D eigenvalue weighted by atomic mass is 16.4. The minimum Gasteiger partial charge on any atom is -0.480 e. The van der Waals surface area contributed by atoms with Crippen LogP contribution in [0.5, 0.6) is 0 Å². The number of hydrogen-bond donors (Lipinski definition) is 2. The van der Waals surface area contributed by atoms with E-state index in [0.29, 0.717) is 19.1 Å². The summed E-state index contributed by atoms with van der Waals surface area (Å²) in [7, 11) is 0. The van der Waals surface area contributed by atoms with Crippen LogP contribution >= 0.6 is 0 Å².